The van der Waals surface area contributed by atoms with Gasteiger partial charge in [0.05, 0.1) is 0 Å². The summed E-state index contributed by atoms with van der Waals surface area (Å²) in [5.41, 5.74) is 0.274. The Morgan fingerprint density at radius 2 is 1.55 bits per heavy atom. The molecule has 0 bridgehead atoms. The van der Waals surface area contributed by atoms with Crippen molar-refractivity contribution in [3.8, 4) is 0 Å². The minimum Gasteiger partial charge on any atom is -0.365 e. The van der Waals surface area contributed by atoms with Crippen molar-refractivity contribution in [1.82, 2.24) is 0 Å². The van der Waals surface area contributed by atoms with Gasteiger partial charge in [0.25, 0.3) is 0 Å². The van der Waals surface area contributed by atoms with E-state index in [9.17, 15) is 10.2 Å². The summed E-state index contributed by atoms with van der Waals surface area (Å²) in [6.07, 6.45) is 11.5. The fraction of sp³-hybridized carbons (Fsp3) is 1.00. The van der Waals surface area contributed by atoms with Gasteiger partial charge in [-0.25, -0.2) is 0 Å². The minimum atomic E-state index is -1.47. The van der Waals surface area contributed by atoms with Crippen LogP contribution in [0, 0.1) is 40.4 Å². The highest BCUT2D eigenvalue weighted by atomic mass is 16.5. The maximum atomic E-state index is 11.1. The Balaban J connectivity index is 1.72. The lowest BCUT2D eigenvalue weighted by Gasteiger charge is -2.64. The first-order chi connectivity index (χ1) is 10.3. The molecule has 0 saturated heterocycles. The molecular formula is C20H34O2. The van der Waals surface area contributed by atoms with Crippen molar-refractivity contribution in [2.75, 3.05) is 0 Å². The Kier molecular flexibility index (Phi) is 3.32. The highest BCUT2D eigenvalue weighted by molar-refractivity contribution is 5.11. The van der Waals surface area contributed by atoms with E-state index in [1.54, 1.807) is 0 Å². The quantitative estimate of drug-likeness (QED) is 0.653. The van der Waals surface area contributed by atoms with E-state index in [1.165, 1.54) is 51.4 Å². The highest BCUT2D eigenvalue weighted by Gasteiger charge is 2.65. The van der Waals surface area contributed by atoms with Crippen molar-refractivity contribution in [3.63, 3.8) is 0 Å². The van der Waals surface area contributed by atoms with Crippen LogP contribution in [0.5, 0.6) is 0 Å². The first-order valence-electron chi connectivity index (χ1n) is 9.75. The van der Waals surface area contributed by atoms with Crippen LogP contribution in [0.3, 0.4) is 0 Å². The van der Waals surface area contributed by atoms with Gasteiger partial charge in [0.1, 0.15) is 0 Å². The van der Waals surface area contributed by atoms with E-state index >= 15 is 0 Å². The molecule has 4 aliphatic rings. The average Bonchev–Trinajstić information content (AvgIpc) is 2.86. The summed E-state index contributed by atoms with van der Waals surface area (Å²) in [7, 11) is 0. The van der Waals surface area contributed by atoms with Crippen molar-refractivity contribution in [2.24, 2.45) is 40.4 Å². The number of aliphatic hydroxyl groups is 2. The molecule has 4 rings (SSSR count). The van der Waals surface area contributed by atoms with E-state index in [-0.39, 0.29) is 11.3 Å². The second-order valence-electron chi connectivity index (χ2n) is 9.72. The number of fused-ring (bicyclic) bond motifs is 5. The van der Waals surface area contributed by atoms with E-state index in [2.05, 4.69) is 13.8 Å². The van der Waals surface area contributed by atoms with E-state index in [4.69, 9.17) is 0 Å². The minimum absolute atomic E-state index is 0.0180. The molecular weight excluding hydrogens is 272 g/mol. The van der Waals surface area contributed by atoms with Crippen LogP contribution >= 0.6 is 0 Å². The summed E-state index contributed by atoms with van der Waals surface area (Å²) in [6.45, 7) is 6.80. The zero-order valence-electron chi connectivity index (χ0n) is 14.6. The van der Waals surface area contributed by atoms with Gasteiger partial charge in [-0.3, -0.25) is 0 Å². The largest absolute Gasteiger partial charge is 0.365 e. The molecule has 0 aromatic rings. The van der Waals surface area contributed by atoms with Crippen molar-refractivity contribution in [3.05, 3.63) is 0 Å². The van der Waals surface area contributed by atoms with Crippen molar-refractivity contribution < 1.29 is 10.2 Å². The molecule has 0 heterocycles. The predicted molar refractivity (Wildman–Crippen MR) is 88.1 cm³/mol. The summed E-state index contributed by atoms with van der Waals surface area (Å²) in [4.78, 5) is 0. The lowest BCUT2D eigenvalue weighted by molar-refractivity contribution is -0.334. The molecule has 0 amide bonds. The van der Waals surface area contributed by atoms with E-state index in [0.29, 0.717) is 17.3 Å². The standard InChI is InChI=1S/C20H34O2/c1-13-6-7-14-8-9-15-16-5-4-11-18(16,2)12-10-17(15)19(14,3)20(13,21)22/h13-17,21-22H,4-12H2,1-3H3/t13?,14?,15-,16-,17-,18-,19-/m0/s1. The summed E-state index contributed by atoms with van der Waals surface area (Å²) < 4.78 is 0. The van der Waals surface area contributed by atoms with E-state index in [0.717, 1.165) is 18.3 Å². The maximum absolute atomic E-state index is 11.1. The molecule has 4 aliphatic carbocycles. The van der Waals surface area contributed by atoms with Gasteiger partial charge in [0.15, 0.2) is 5.79 Å². The molecule has 0 aliphatic heterocycles. The maximum Gasteiger partial charge on any atom is 0.171 e. The normalized spacial score (nSPS) is 56.9. The molecule has 7 atom stereocenters. The average molecular weight is 306 g/mol. The molecule has 2 nitrogen and oxygen atoms in total. The third kappa shape index (κ3) is 1.75. The SMILES string of the molecule is CC1CCC2CC[C@H]3[C@@H]4CCC[C@@]4(C)CC[C@@H]3[C@@]2(C)C1(O)O. The molecule has 2 unspecified atom stereocenters. The Morgan fingerprint density at radius 1 is 0.818 bits per heavy atom. The number of rotatable bonds is 0. The summed E-state index contributed by atoms with van der Waals surface area (Å²) >= 11 is 0. The van der Waals surface area contributed by atoms with Gasteiger partial charge < -0.3 is 10.2 Å². The first kappa shape index (κ1) is 15.4. The molecule has 0 aromatic carbocycles. The summed E-state index contributed by atoms with van der Waals surface area (Å²) in [6, 6.07) is 0. The second kappa shape index (κ2) is 4.72. The Morgan fingerprint density at radius 3 is 2.32 bits per heavy atom. The lowest BCUT2D eigenvalue weighted by atomic mass is 9.43. The van der Waals surface area contributed by atoms with E-state index < -0.39 is 5.79 Å². The summed E-state index contributed by atoms with van der Waals surface area (Å²) in [5.74, 6) is 1.19. The fourth-order valence-electron chi connectivity index (χ4n) is 7.62. The van der Waals surface area contributed by atoms with Crippen molar-refractivity contribution >= 4 is 0 Å². The van der Waals surface area contributed by atoms with Gasteiger partial charge in [-0.1, -0.05) is 27.2 Å². The topological polar surface area (TPSA) is 40.5 Å². The van der Waals surface area contributed by atoms with Crippen LogP contribution in [-0.4, -0.2) is 16.0 Å². The zero-order chi connectivity index (χ0) is 15.8. The van der Waals surface area contributed by atoms with Crippen LogP contribution < -0.4 is 0 Å². The van der Waals surface area contributed by atoms with Crippen LogP contribution in [0.15, 0.2) is 0 Å². The van der Waals surface area contributed by atoms with Crippen LogP contribution in [0.25, 0.3) is 0 Å². The van der Waals surface area contributed by atoms with Gasteiger partial charge >= 0.3 is 0 Å². The monoisotopic (exact) mass is 306 g/mol. The third-order valence-electron chi connectivity index (χ3n) is 9.11. The van der Waals surface area contributed by atoms with Gasteiger partial charge in [-0.15, -0.1) is 0 Å². The van der Waals surface area contributed by atoms with Gasteiger partial charge in [0.2, 0.25) is 0 Å². The highest BCUT2D eigenvalue weighted by Crippen LogP contribution is 2.68. The second-order valence-corrected chi connectivity index (χ2v) is 9.72. The third-order valence-corrected chi connectivity index (χ3v) is 9.11. The predicted octanol–water partition coefficient (Wildman–Crippen LogP) is 4.35. The van der Waals surface area contributed by atoms with Crippen LogP contribution in [0.1, 0.15) is 78.6 Å². The molecule has 4 saturated carbocycles. The molecule has 4 fully saturated rings. The smallest absolute Gasteiger partial charge is 0.171 e. The van der Waals surface area contributed by atoms with Crippen LogP contribution in [0.2, 0.25) is 0 Å². The Bertz CT molecular complexity index is 459. The first-order valence-corrected chi connectivity index (χ1v) is 9.75. The van der Waals surface area contributed by atoms with Crippen LogP contribution in [0.4, 0.5) is 0 Å². The van der Waals surface area contributed by atoms with Crippen LogP contribution in [-0.2, 0) is 0 Å². The fourth-order valence-corrected chi connectivity index (χ4v) is 7.62. The van der Waals surface area contributed by atoms with Crippen molar-refractivity contribution in [2.45, 2.75) is 84.3 Å². The Hall–Kier alpha value is -0.0800. The molecule has 0 radical (unpaired) electrons. The molecule has 126 valence electrons. The molecule has 2 heteroatoms. The number of hydrogen-bond donors (Lipinski definition) is 2. The molecule has 22 heavy (non-hydrogen) atoms. The summed E-state index contributed by atoms with van der Waals surface area (Å²) in [5, 5.41) is 22.2. The molecule has 2 N–H and O–H groups in total. The van der Waals surface area contributed by atoms with Gasteiger partial charge in [0, 0.05) is 11.3 Å². The number of hydrogen-bond acceptors (Lipinski definition) is 2. The lowest BCUT2D eigenvalue weighted by Crippen LogP contribution is -2.65. The molecule has 0 aromatic heterocycles. The molecule has 0 spiro atoms. The van der Waals surface area contributed by atoms with Crippen molar-refractivity contribution in [1.29, 1.82) is 0 Å². The zero-order valence-corrected chi connectivity index (χ0v) is 14.6. The Labute approximate surface area is 135 Å². The van der Waals surface area contributed by atoms with E-state index in [1.807, 2.05) is 6.92 Å². The van der Waals surface area contributed by atoms with Gasteiger partial charge in [-0.2, -0.15) is 0 Å². The van der Waals surface area contributed by atoms with Gasteiger partial charge in [-0.05, 0) is 80.5 Å².